The minimum Gasteiger partial charge on any atom is -0.320 e. The van der Waals surface area contributed by atoms with Crippen molar-refractivity contribution >= 4 is 51.6 Å². The van der Waals surface area contributed by atoms with E-state index in [1.54, 1.807) is 36.4 Å². The van der Waals surface area contributed by atoms with Crippen LogP contribution in [0.15, 0.2) is 66.7 Å². The zero-order chi connectivity index (χ0) is 26.5. The van der Waals surface area contributed by atoms with Gasteiger partial charge in [-0.25, -0.2) is 4.68 Å². The third-order valence-electron chi connectivity index (χ3n) is 6.08. The topological polar surface area (TPSA) is 92.2 Å². The summed E-state index contributed by atoms with van der Waals surface area (Å²) < 4.78 is 1.31. The van der Waals surface area contributed by atoms with Gasteiger partial charge in [-0.3, -0.25) is 19.8 Å². The number of hydrogen-bond acceptors (Lipinski definition) is 3. The fraction of sp³-hybridized carbons (Fsp3) is 0.207. The highest BCUT2D eigenvalue weighted by Crippen LogP contribution is 2.24. The number of nitrogens with one attached hydrogen (secondary N) is 3. The van der Waals surface area contributed by atoms with E-state index < -0.39 is 17.7 Å². The summed E-state index contributed by atoms with van der Waals surface area (Å²) in [5, 5.41) is 6.62. The first-order valence-corrected chi connectivity index (χ1v) is 12.5. The maximum Gasteiger partial charge on any atom is 0.328 e. The smallest absolute Gasteiger partial charge is 0.320 e. The minimum absolute atomic E-state index is 0.152. The van der Waals surface area contributed by atoms with Gasteiger partial charge in [-0.1, -0.05) is 54.8 Å². The van der Waals surface area contributed by atoms with Crippen molar-refractivity contribution < 1.29 is 14.4 Å². The predicted molar refractivity (Wildman–Crippen MR) is 149 cm³/mol. The average Bonchev–Trinajstić information content (AvgIpc) is 3.22. The van der Waals surface area contributed by atoms with Gasteiger partial charge in [0.1, 0.15) is 5.69 Å². The Kier molecular flexibility index (Phi) is 7.94. The lowest BCUT2D eigenvalue weighted by Gasteiger charge is -2.14. The summed E-state index contributed by atoms with van der Waals surface area (Å²) in [6.45, 7) is 6.01. The summed E-state index contributed by atoms with van der Waals surface area (Å²) in [6.07, 6.45) is 3.15. The van der Waals surface area contributed by atoms with Crippen LogP contribution in [0.2, 0.25) is 5.02 Å². The van der Waals surface area contributed by atoms with Crippen LogP contribution in [-0.2, 0) is 16.0 Å². The van der Waals surface area contributed by atoms with Gasteiger partial charge in [-0.05, 0) is 80.3 Å². The normalized spacial score (nSPS) is 10.8. The number of halogens is 1. The number of carbonyl (C=O) groups excluding carboxylic acids is 3. The molecule has 4 aromatic rings. The molecular weight excluding hydrogens is 488 g/mol. The van der Waals surface area contributed by atoms with E-state index in [0.29, 0.717) is 27.3 Å². The number of rotatable bonds is 7. The van der Waals surface area contributed by atoms with E-state index >= 15 is 0 Å². The van der Waals surface area contributed by atoms with Crippen molar-refractivity contribution in [2.75, 3.05) is 16.1 Å². The zero-order valence-corrected chi connectivity index (χ0v) is 21.8. The van der Waals surface area contributed by atoms with E-state index in [1.807, 2.05) is 44.2 Å². The Bertz CT molecular complexity index is 1470. The summed E-state index contributed by atoms with van der Waals surface area (Å²) >= 11 is 6.15. The number of amides is 3. The molecule has 7 nitrogen and oxygen atoms in total. The molecule has 0 bridgehead atoms. The van der Waals surface area contributed by atoms with Gasteiger partial charge in [-0.15, -0.1) is 0 Å². The van der Waals surface area contributed by atoms with Crippen molar-refractivity contribution in [2.24, 2.45) is 0 Å². The molecule has 1 aromatic heterocycles. The largest absolute Gasteiger partial charge is 0.328 e. The van der Waals surface area contributed by atoms with Crippen LogP contribution in [0.25, 0.3) is 10.9 Å². The Morgan fingerprint density at radius 3 is 2.32 bits per heavy atom. The molecule has 0 aliphatic heterocycles. The maximum atomic E-state index is 13.3. The molecule has 0 saturated heterocycles. The molecule has 37 heavy (non-hydrogen) atoms. The Morgan fingerprint density at radius 2 is 1.62 bits per heavy atom. The van der Waals surface area contributed by atoms with E-state index in [-0.39, 0.29) is 5.69 Å². The number of fused-ring (bicyclic) bond motifs is 1. The first-order valence-electron chi connectivity index (χ1n) is 12.2. The summed E-state index contributed by atoms with van der Waals surface area (Å²) in [5.74, 6) is -2.21. The second kappa shape index (κ2) is 11.3. The van der Waals surface area contributed by atoms with Crippen molar-refractivity contribution in [3.05, 3.63) is 94.1 Å². The molecule has 0 unspecified atom stereocenters. The van der Waals surface area contributed by atoms with Crippen LogP contribution < -0.4 is 16.1 Å². The number of aromatic nitrogens is 1. The molecule has 0 aliphatic rings. The predicted octanol–water partition coefficient (Wildman–Crippen LogP) is 6.22. The van der Waals surface area contributed by atoms with Crippen LogP contribution in [-0.4, -0.2) is 22.4 Å². The van der Waals surface area contributed by atoms with Gasteiger partial charge in [0.15, 0.2) is 0 Å². The van der Waals surface area contributed by atoms with E-state index in [9.17, 15) is 14.4 Å². The van der Waals surface area contributed by atoms with Crippen molar-refractivity contribution in [1.29, 1.82) is 0 Å². The van der Waals surface area contributed by atoms with Crippen LogP contribution in [0.4, 0.5) is 11.4 Å². The highest BCUT2D eigenvalue weighted by atomic mass is 35.5. The van der Waals surface area contributed by atoms with Gasteiger partial charge in [0.25, 0.3) is 5.91 Å². The van der Waals surface area contributed by atoms with Crippen LogP contribution in [0.3, 0.4) is 0 Å². The summed E-state index contributed by atoms with van der Waals surface area (Å²) in [7, 11) is 0. The quantitative estimate of drug-likeness (QED) is 0.255. The van der Waals surface area contributed by atoms with E-state index in [0.717, 1.165) is 30.4 Å². The number of carbonyl (C=O) groups is 3. The highest BCUT2D eigenvalue weighted by molar-refractivity contribution is 6.42. The van der Waals surface area contributed by atoms with Gasteiger partial charge in [0.2, 0.25) is 0 Å². The molecule has 3 N–H and O–H groups in total. The van der Waals surface area contributed by atoms with Crippen molar-refractivity contribution in [2.45, 2.75) is 40.0 Å². The van der Waals surface area contributed by atoms with Gasteiger partial charge < -0.3 is 10.6 Å². The van der Waals surface area contributed by atoms with Crippen LogP contribution in [0.5, 0.6) is 0 Å². The van der Waals surface area contributed by atoms with E-state index in [4.69, 9.17) is 11.6 Å². The summed E-state index contributed by atoms with van der Waals surface area (Å²) in [6, 6.07) is 19.7. The third kappa shape index (κ3) is 6.19. The minimum atomic E-state index is -0.914. The lowest BCUT2D eigenvalue weighted by Crippen LogP contribution is -2.36. The lowest BCUT2D eigenvalue weighted by atomic mass is 10.1. The van der Waals surface area contributed by atoms with Crippen LogP contribution >= 0.6 is 11.6 Å². The number of unbranched alkanes of at least 4 members (excludes halogenated alkanes) is 1. The maximum absolute atomic E-state index is 13.3. The molecule has 0 atom stereocenters. The fourth-order valence-electron chi connectivity index (χ4n) is 4.09. The van der Waals surface area contributed by atoms with E-state index in [1.165, 1.54) is 10.2 Å². The molecule has 3 aromatic carbocycles. The second-order valence-electron chi connectivity index (χ2n) is 9.04. The molecule has 190 valence electrons. The number of anilines is 2. The number of aryl methyl sites for hydroxylation is 3. The van der Waals surface area contributed by atoms with Crippen LogP contribution in [0.1, 0.15) is 46.9 Å². The van der Waals surface area contributed by atoms with E-state index in [2.05, 4.69) is 23.0 Å². The third-order valence-corrected chi connectivity index (χ3v) is 6.31. The Labute approximate surface area is 220 Å². The number of nitrogens with zero attached hydrogens (tertiary/aromatic N) is 1. The number of benzene rings is 3. The Balaban J connectivity index is 1.56. The zero-order valence-electron chi connectivity index (χ0n) is 21.0. The van der Waals surface area contributed by atoms with Crippen molar-refractivity contribution in [3.63, 3.8) is 0 Å². The van der Waals surface area contributed by atoms with Crippen molar-refractivity contribution in [3.8, 4) is 0 Å². The lowest BCUT2D eigenvalue weighted by molar-refractivity contribution is -0.133. The fourth-order valence-corrected chi connectivity index (χ4v) is 4.27. The molecule has 0 spiro atoms. The second-order valence-corrected chi connectivity index (χ2v) is 9.47. The standard InChI is InChI=1S/C29H29ClN4O3/c1-4-5-6-20-8-11-23(12-9-20)31-28(36)29(37)33-34-25-14-10-22(30)16-21(25)17-26(34)27(35)32-24-13-7-18(2)15-19(24)3/h7-17H,4-6H2,1-3H3,(H,31,36)(H,32,35)(H,33,37). The van der Waals surface area contributed by atoms with Gasteiger partial charge in [-0.2, -0.15) is 0 Å². The first-order chi connectivity index (χ1) is 17.7. The molecule has 0 aliphatic carbocycles. The Morgan fingerprint density at radius 1 is 0.865 bits per heavy atom. The summed E-state index contributed by atoms with van der Waals surface area (Å²) in [4.78, 5) is 38.8. The molecule has 3 amide bonds. The van der Waals surface area contributed by atoms with Gasteiger partial charge >= 0.3 is 11.8 Å². The monoisotopic (exact) mass is 516 g/mol. The van der Waals surface area contributed by atoms with Gasteiger partial charge in [0, 0.05) is 21.8 Å². The molecule has 8 heteroatoms. The molecule has 0 fully saturated rings. The number of hydrogen-bond donors (Lipinski definition) is 3. The summed E-state index contributed by atoms with van der Waals surface area (Å²) in [5.41, 5.74) is 7.55. The molecule has 0 radical (unpaired) electrons. The molecule has 0 saturated carbocycles. The molecular formula is C29H29ClN4O3. The Hall–Kier alpha value is -4.10. The average molecular weight is 517 g/mol. The highest BCUT2D eigenvalue weighted by Gasteiger charge is 2.21. The first kappa shape index (κ1) is 26.0. The van der Waals surface area contributed by atoms with Crippen LogP contribution in [0, 0.1) is 13.8 Å². The molecule has 1 heterocycles. The van der Waals surface area contributed by atoms with Crippen molar-refractivity contribution in [1.82, 2.24) is 4.68 Å². The van der Waals surface area contributed by atoms with Gasteiger partial charge in [0.05, 0.1) is 5.52 Å². The molecule has 4 rings (SSSR count). The SMILES string of the molecule is CCCCc1ccc(NC(=O)C(=O)Nn2c(C(=O)Nc3ccc(C)cc3C)cc3cc(Cl)ccc32)cc1.